The van der Waals surface area contributed by atoms with Gasteiger partial charge in [0.15, 0.2) is 17.8 Å². The van der Waals surface area contributed by atoms with Crippen molar-refractivity contribution in [2.75, 3.05) is 5.32 Å². The van der Waals surface area contributed by atoms with Crippen molar-refractivity contribution in [3.63, 3.8) is 0 Å². The van der Waals surface area contributed by atoms with Gasteiger partial charge in [-0.05, 0) is 31.2 Å². The summed E-state index contributed by atoms with van der Waals surface area (Å²) >= 11 is 0. The maximum Gasteiger partial charge on any atom is 0.287 e. The highest BCUT2D eigenvalue weighted by molar-refractivity contribution is 5.94. The number of anilines is 1. The first kappa shape index (κ1) is 19.7. The minimum Gasteiger partial charge on any atom is -0.463 e. The second-order valence-corrected chi connectivity index (χ2v) is 7.34. The van der Waals surface area contributed by atoms with E-state index in [1.807, 2.05) is 91.9 Å². The summed E-state index contributed by atoms with van der Waals surface area (Å²) in [5, 5.41) is 5.13. The lowest BCUT2D eigenvalue weighted by molar-refractivity contribution is -0.715. The summed E-state index contributed by atoms with van der Waals surface area (Å²) in [6, 6.07) is 31.0. The summed E-state index contributed by atoms with van der Waals surface area (Å²) in [5.74, 6) is 0.739. The molecule has 4 aromatic rings. The molecule has 150 valence electrons. The Morgan fingerprint density at radius 2 is 1.43 bits per heavy atom. The van der Waals surface area contributed by atoms with Crippen LogP contribution < -0.4 is 10.6 Å². The fourth-order valence-corrected chi connectivity index (χ4v) is 3.56. The minimum absolute atomic E-state index is 0.0717. The predicted molar refractivity (Wildman–Crippen MR) is 118 cm³/mol. The van der Waals surface area contributed by atoms with Crippen molar-refractivity contribution in [3.8, 4) is 0 Å². The van der Waals surface area contributed by atoms with Crippen LogP contribution in [0.2, 0.25) is 0 Å². The monoisotopic (exact) mass is 397 g/mol. The maximum atomic E-state index is 13.4. The number of quaternary nitrogens is 1. The van der Waals surface area contributed by atoms with Crippen LogP contribution in [0, 0.1) is 6.92 Å². The molecule has 2 atom stereocenters. The average molecular weight is 397 g/mol. The fraction of sp³-hybridized carbons (Fsp3) is 0.115. The van der Waals surface area contributed by atoms with E-state index >= 15 is 0 Å². The molecule has 4 nitrogen and oxygen atoms in total. The average Bonchev–Trinajstić information content (AvgIpc) is 3.32. The molecule has 0 unspecified atom stereocenters. The van der Waals surface area contributed by atoms with Crippen molar-refractivity contribution in [2.45, 2.75) is 19.0 Å². The first-order valence-electron chi connectivity index (χ1n) is 10.1. The molecule has 4 rings (SSSR count). The van der Waals surface area contributed by atoms with Crippen molar-refractivity contribution in [3.05, 3.63) is 126 Å². The van der Waals surface area contributed by atoms with Crippen LogP contribution in [0.4, 0.5) is 5.69 Å². The van der Waals surface area contributed by atoms with E-state index in [4.69, 9.17) is 4.42 Å². The summed E-state index contributed by atoms with van der Waals surface area (Å²) < 4.78 is 5.74. The van der Waals surface area contributed by atoms with Crippen molar-refractivity contribution in [1.29, 1.82) is 0 Å². The molecule has 30 heavy (non-hydrogen) atoms. The molecule has 4 heteroatoms. The van der Waals surface area contributed by atoms with Crippen LogP contribution in [0.1, 0.15) is 34.5 Å². The second kappa shape index (κ2) is 9.25. The van der Waals surface area contributed by atoms with Crippen LogP contribution in [0.25, 0.3) is 0 Å². The highest BCUT2D eigenvalue weighted by atomic mass is 16.3. The minimum atomic E-state index is -0.442. The lowest BCUT2D eigenvalue weighted by atomic mass is 10.00. The number of hydrogen-bond donors (Lipinski definition) is 2. The molecule has 0 aliphatic rings. The first-order chi connectivity index (χ1) is 14.7. The van der Waals surface area contributed by atoms with Gasteiger partial charge in [-0.1, -0.05) is 78.4 Å². The highest BCUT2D eigenvalue weighted by Crippen LogP contribution is 2.21. The number of benzene rings is 3. The molecule has 3 aromatic carbocycles. The molecular weight excluding hydrogens is 372 g/mol. The molecule has 3 N–H and O–H groups in total. The summed E-state index contributed by atoms with van der Waals surface area (Å²) in [5.41, 5.74) is 3.96. The third-order valence-electron chi connectivity index (χ3n) is 5.15. The largest absolute Gasteiger partial charge is 0.463 e. The number of furan rings is 1. The first-order valence-corrected chi connectivity index (χ1v) is 10.1. The van der Waals surface area contributed by atoms with Crippen molar-refractivity contribution < 1.29 is 14.5 Å². The highest BCUT2D eigenvalue weighted by Gasteiger charge is 2.31. The van der Waals surface area contributed by atoms with Gasteiger partial charge >= 0.3 is 0 Å². The van der Waals surface area contributed by atoms with Crippen molar-refractivity contribution in [2.24, 2.45) is 0 Å². The molecular formula is C26H25N2O2+. The Morgan fingerprint density at radius 3 is 2.03 bits per heavy atom. The van der Waals surface area contributed by atoms with E-state index in [0.717, 1.165) is 28.1 Å². The molecule has 0 saturated heterocycles. The van der Waals surface area contributed by atoms with E-state index in [1.54, 1.807) is 6.26 Å². The zero-order valence-electron chi connectivity index (χ0n) is 16.9. The van der Waals surface area contributed by atoms with Crippen LogP contribution in [0.15, 0.2) is 108 Å². The van der Waals surface area contributed by atoms with Gasteiger partial charge in [-0.15, -0.1) is 0 Å². The molecule has 0 bridgehead atoms. The van der Waals surface area contributed by atoms with E-state index in [-0.39, 0.29) is 11.9 Å². The van der Waals surface area contributed by atoms with E-state index in [1.165, 1.54) is 0 Å². The zero-order chi connectivity index (χ0) is 20.8. The van der Waals surface area contributed by atoms with Gasteiger partial charge in [0.1, 0.15) is 0 Å². The van der Waals surface area contributed by atoms with E-state index < -0.39 is 6.04 Å². The van der Waals surface area contributed by atoms with E-state index in [0.29, 0.717) is 0 Å². The number of nitrogens with two attached hydrogens (primary N) is 1. The number of rotatable bonds is 7. The van der Waals surface area contributed by atoms with Gasteiger partial charge in [-0.3, -0.25) is 4.79 Å². The van der Waals surface area contributed by atoms with Crippen LogP contribution in [0.5, 0.6) is 0 Å². The van der Waals surface area contributed by atoms with Gasteiger partial charge in [0, 0.05) is 16.8 Å². The molecule has 0 radical (unpaired) electrons. The molecule has 0 spiro atoms. The summed E-state index contributed by atoms with van der Waals surface area (Å²) in [7, 11) is 0. The summed E-state index contributed by atoms with van der Waals surface area (Å²) in [4.78, 5) is 13.4. The van der Waals surface area contributed by atoms with Crippen molar-refractivity contribution in [1.82, 2.24) is 0 Å². The third kappa shape index (κ3) is 4.67. The molecule has 0 fully saturated rings. The topological polar surface area (TPSA) is 58.9 Å². The molecule has 1 aromatic heterocycles. The number of amides is 1. The molecule has 0 aliphatic heterocycles. The van der Waals surface area contributed by atoms with Gasteiger partial charge < -0.3 is 15.1 Å². The van der Waals surface area contributed by atoms with Gasteiger partial charge in [-0.25, -0.2) is 0 Å². The van der Waals surface area contributed by atoms with Gasteiger partial charge in [0.2, 0.25) is 0 Å². The van der Waals surface area contributed by atoms with Gasteiger partial charge in [0.25, 0.3) is 5.91 Å². The number of carbonyl (C=O) groups excluding carboxylic acids is 1. The Balaban J connectivity index is 1.66. The summed E-state index contributed by atoms with van der Waals surface area (Å²) in [6.45, 7) is 2.03. The zero-order valence-corrected chi connectivity index (χ0v) is 16.9. The maximum absolute atomic E-state index is 13.4. The quantitative estimate of drug-likeness (QED) is 0.478. The standard InChI is InChI=1S/C26H24N2O2/c1-19-14-16-22(17-15-19)27-26(29)25(21-11-6-3-7-12-21)28-24(23-13-8-18-30-23)20-9-4-2-5-10-20/h2-18,24-25,28H,1H3,(H,27,29)/p+1/t24-,25+/m1/s1. The molecule has 1 heterocycles. The van der Waals surface area contributed by atoms with Crippen LogP contribution in [-0.2, 0) is 4.79 Å². The van der Waals surface area contributed by atoms with Crippen LogP contribution >= 0.6 is 0 Å². The Morgan fingerprint density at radius 1 is 0.800 bits per heavy atom. The van der Waals surface area contributed by atoms with Gasteiger partial charge in [0.05, 0.1) is 6.26 Å². The normalized spacial score (nSPS) is 12.8. The Kier molecular flexibility index (Phi) is 6.06. The lowest BCUT2D eigenvalue weighted by Crippen LogP contribution is -2.88. The lowest BCUT2D eigenvalue weighted by Gasteiger charge is -2.22. The summed E-state index contributed by atoms with van der Waals surface area (Å²) in [6.07, 6.45) is 1.67. The fourth-order valence-electron chi connectivity index (χ4n) is 3.56. The predicted octanol–water partition coefficient (Wildman–Crippen LogP) is 4.62. The Hall–Kier alpha value is -3.63. The third-order valence-corrected chi connectivity index (χ3v) is 5.15. The van der Waals surface area contributed by atoms with Crippen molar-refractivity contribution >= 4 is 11.6 Å². The molecule has 0 aliphatic carbocycles. The number of nitrogens with one attached hydrogen (secondary N) is 1. The Labute approximate surface area is 176 Å². The second-order valence-electron chi connectivity index (χ2n) is 7.34. The SMILES string of the molecule is Cc1ccc(NC(=O)[C@@H]([NH2+][C@H](c2ccccc2)c2ccco2)c2ccccc2)cc1. The molecule has 0 saturated carbocycles. The Bertz CT molecular complexity index is 1060. The van der Waals surface area contributed by atoms with Crippen LogP contribution in [0.3, 0.4) is 0 Å². The smallest absolute Gasteiger partial charge is 0.287 e. The number of aryl methyl sites for hydroxylation is 1. The van der Waals surface area contributed by atoms with Gasteiger partial charge in [-0.2, -0.15) is 0 Å². The number of hydrogen-bond acceptors (Lipinski definition) is 2. The number of carbonyl (C=O) groups is 1. The van der Waals surface area contributed by atoms with E-state index in [2.05, 4.69) is 22.8 Å². The molecule has 1 amide bonds. The van der Waals surface area contributed by atoms with E-state index in [9.17, 15) is 4.79 Å². The van der Waals surface area contributed by atoms with Crippen LogP contribution in [-0.4, -0.2) is 5.91 Å².